The van der Waals surface area contributed by atoms with Crippen LogP contribution in [0.4, 0.5) is 4.39 Å². The van der Waals surface area contributed by atoms with Gasteiger partial charge in [0, 0.05) is 18.4 Å². The third kappa shape index (κ3) is 3.13. The molecule has 33 heavy (non-hydrogen) atoms. The number of rotatable bonds is 4. The minimum absolute atomic E-state index is 0.0160. The second-order valence-electron chi connectivity index (χ2n) is 8.41. The lowest BCUT2D eigenvalue weighted by Gasteiger charge is -2.16. The molecule has 0 amide bonds. The standard InChI is InChI=1S/C25H24FN5O2/c1-15-16(2)31-21-22(27-24(31)30(15)17(3)19-8-6-5-7-9-19)28(4)25(33)29(23(21)32)14-18-10-12-20(26)13-11-18/h5-13,17H,14H2,1-4H3. The van der Waals surface area contributed by atoms with E-state index in [9.17, 15) is 14.0 Å². The zero-order valence-corrected chi connectivity index (χ0v) is 18.9. The van der Waals surface area contributed by atoms with Crippen molar-refractivity contribution in [3.63, 3.8) is 0 Å². The fourth-order valence-corrected chi connectivity index (χ4v) is 4.53. The summed E-state index contributed by atoms with van der Waals surface area (Å²) in [6.45, 7) is 6.10. The summed E-state index contributed by atoms with van der Waals surface area (Å²) in [7, 11) is 1.62. The normalized spacial score (nSPS) is 12.6. The van der Waals surface area contributed by atoms with Crippen molar-refractivity contribution in [3.8, 4) is 0 Å². The molecule has 168 valence electrons. The molecule has 1 atom stereocenters. The molecule has 3 aromatic heterocycles. The van der Waals surface area contributed by atoms with E-state index in [-0.39, 0.29) is 18.4 Å². The van der Waals surface area contributed by atoms with Gasteiger partial charge < -0.3 is 4.57 Å². The van der Waals surface area contributed by atoms with Gasteiger partial charge in [-0.25, -0.2) is 9.18 Å². The largest absolute Gasteiger partial charge is 0.332 e. The molecule has 0 saturated heterocycles. The molecule has 0 saturated carbocycles. The molecule has 8 heteroatoms. The van der Waals surface area contributed by atoms with Crippen LogP contribution in [-0.2, 0) is 13.6 Å². The average molecular weight is 445 g/mol. The predicted molar refractivity (Wildman–Crippen MR) is 125 cm³/mol. The van der Waals surface area contributed by atoms with E-state index in [0.717, 1.165) is 17.0 Å². The van der Waals surface area contributed by atoms with Crippen LogP contribution >= 0.6 is 0 Å². The summed E-state index contributed by atoms with van der Waals surface area (Å²) in [6.07, 6.45) is 0. The Morgan fingerprint density at radius 3 is 2.30 bits per heavy atom. The Balaban J connectivity index is 1.78. The summed E-state index contributed by atoms with van der Waals surface area (Å²) in [5.74, 6) is 0.245. The number of imidazole rings is 2. The number of fused-ring (bicyclic) bond motifs is 3. The summed E-state index contributed by atoms with van der Waals surface area (Å²) >= 11 is 0. The summed E-state index contributed by atoms with van der Waals surface area (Å²) in [6, 6.07) is 15.9. The van der Waals surface area contributed by atoms with Crippen LogP contribution in [-0.4, -0.2) is 23.1 Å². The first-order chi connectivity index (χ1) is 15.8. The van der Waals surface area contributed by atoms with Crippen molar-refractivity contribution in [1.29, 1.82) is 0 Å². The van der Waals surface area contributed by atoms with E-state index in [1.54, 1.807) is 19.2 Å². The highest BCUT2D eigenvalue weighted by Crippen LogP contribution is 2.27. The average Bonchev–Trinajstić information content (AvgIpc) is 3.32. The number of benzene rings is 2. The highest BCUT2D eigenvalue weighted by Gasteiger charge is 2.25. The molecule has 0 aliphatic heterocycles. The second-order valence-corrected chi connectivity index (χ2v) is 8.41. The van der Waals surface area contributed by atoms with E-state index in [0.29, 0.717) is 22.5 Å². The number of aromatic nitrogens is 5. The first-order valence-corrected chi connectivity index (χ1v) is 10.8. The van der Waals surface area contributed by atoms with Gasteiger partial charge in [-0.2, -0.15) is 4.98 Å². The Morgan fingerprint density at radius 1 is 0.970 bits per heavy atom. The van der Waals surface area contributed by atoms with Crippen LogP contribution in [0, 0.1) is 19.7 Å². The van der Waals surface area contributed by atoms with Crippen molar-refractivity contribution in [2.24, 2.45) is 7.05 Å². The monoisotopic (exact) mass is 445 g/mol. The highest BCUT2D eigenvalue weighted by molar-refractivity contribution is 5.76. The Kier molecular flexibility index (Phi) is 4.81. The molecule has 1 unspecified atom stereocenters. The summed E-state index contributed by atoms with van der Waals surface area (Å²) in [5, 5.41) is 0. The minimum Gasteiger partial charge on any atom is -0.307 e. The van der Waals surface area contributed by atoms with Gasteiger partial charge in [-0.1, -0.05) is 42.5 Å². The maximum atomic E-state index is 13.6. The lowest BCUT2D eigenvalue weighted by molar-refractivity contribution is 0.623. The minimum atomic E-state index is -0.463. The molecule has 5 aromatic rings. The van der Waals surface area contributed by atoms with Crippen LogP contribution < -0.4 is 11.2 Å². The van der Waals surface area contributed by atoms with Gasteiger partial charge in [-0.3, -0.25) is 18.3 Å². The van der Waals surface area contributed by atoms with Crippen LogP contribution in [0.25, 0.3) is 16.9 Å². The predicted octanol–water partition coefficient (Wildman–Crippen LogP) is 3.56. The molecule has 5 rings (SSSR count). The van der Waals surface area contributed by atoms with Gasteiger partial charge in [0.2, 0.25) is 5.78 Å². The van der Waals surface area contributed by atoms with Crippen LogP contribution in [0.5, 0.6) is 0 Å². The molecule has 0 radical (unpaired) electrons. The lowest BCUT2D eigenvalue weighted by Crippen LogP contribution is -2.39. The quantitative estimate of drug-likeness (QED) is 0.425. The van der Waals surface area contributed by atoms with Crippen molar-refractivity contribution in [2.75, 3.05) is 0 Å². The lowest BCUT2D eigenvalue weighted by atomic mass is 10.1. The number of halogens is 1. The van der Waals surface area contributed by atoms with Gasteiger partial charge >= 0.3 is 5.69 Å². The molecule has 0 spiro atoms. The Bertz CT molecular complexity index is 1620. The fourth-order valence-electron chi connectivity index (χ4n) is 4.53. The Morgan fingerprint density at radius 2 is 1.64 bits per heavy atom. The molecular weight excluding hydrogens is 421 g/mol. The van der Waals surface area contributed by atoms with Gasteiger partial charge in [0.15, 0.2) is 11.2 Å². The van der Waals surface area contributed by atoms with Crippen molar-refractivity contribution < 1.29 is 4.39 Å². The van der Waals surface area contributed by atoms with Gasteiger partial charge in [-0.05, 0) is 44.0 Å². The van der Waals surface area contributed by atoms with Crippen molar-refractivity contribution in [3.05, 3.63) is 104 Å². The molecule has 0 bridgehead atoms. The summed E-state index contributed by atoms with van der Waals surface area (Å²) in [5.41, 5.74) is 3.48. The van der Waals surface area contributed by atoms with Crippen LogP contribution in [0.15, 0.2) is 64.2 Å². The molecular formula is C25H24FN5O2. The van der Waals surface area contributed by atoms with Crippen molar-refractivity contribution >= 4 is 16.9 Å². The maximum Gasteiger partial charge on any atom is 0.332 e. The van der Waals surface area contributed by atoms with Gasteiger partial charge in [0.25, 0.3) is 5.56 Å². The number of nitrogens with zero attached hydrogens (tertiary/aromatic N) is 5. The highest BCUT2D eigenvalue weighted by atomic mass is 19.1. The molecule has 0 aliphatic carbocycles. The van der Waals surface area contributed by atoms with Crippen LogP contribution in [0.3, 0.4) is 0 Å². The zero-order chi connectivity index (χ0) is 23.4. The molecule has 0 N–H and O–H groups in total. The zero-order valence-electron chi connectivity index (χ0n) is 18.9. The van der Waals surface area contributed by atoms with Gasteiger partial charge in [0.1, 0.15) is 5.82 Å². The summed E-state index contributed by atoms with van der Waals surface area (Å²) < 4.78 is 19.8. The SMILES string of the molecule is Cc1c(C)n2c3c(=O)n(Cc4ccc(F)cc4)c(=O)n(C)c3nc2n1C(C)c1ccccc1. The first-order valence-electron chi connectivity index (χ1n) is 10.8. The van der Waals surface area contributed by atoms with Crippen LogP contribution in [0.2, 0.25) is 0 Å². The topological polar surface area (TPSA) is 66.2 Å². The van der Waals surface area contributed by atoms with E-state index >= 15 is 0 Å². The Labute approximate surface area is 189 Å². The van der Waals surface area contributed by atoms with Crippen LogP contribution in [0.1, 0.15) is 35.5 Å². The fraction of sp³-hybridized carbons (Fsp3) is 0.240. The number of aryl methyl sites for hydroxylation is 2. The number of hydrogen-bond acceptors (Lipinski definition) is 3. The second kappa shape index (κ2) is 7.58. The summed E-state index contributed by atoms with van der Waals surface area (Å²) in [4.78, 5) is 31.4. The van der Waals surface area contributed by atoms with E-state index < -0.39 is 11.2 Å². The van der Waals surface area contributed by atoms with E-state index in [1.807, 2.05) is 36.4 Å². The molecule has 2 aromatic carbocycles. The van der Waals surface area contributed by atoms with Crippen molar-refractivity contribution in [2.45, 2.75) is 33.4 Å². The first kappa shape index (κ1) is 20.9. The third-order valence-corrected chi connectivity index (χ3v) is 6.48. The maximum absolute atomic E-state index is 13.6. The molecule has 3 heterocycles. The van der Waals surface area contributed by atoms with E-state index in [1.165, 1.54) is 21.3 Å². The molecule has 0 aliphatic rings. The van der Waals surface area contributed by atoms with Gasteiger partial charge in [0.05, 0.1) is 12.6 Å². The molecule has 7 nitrogen and oxygen atoms in total. The molecule has 0 fully saturated rings. The number of hydrogen-bond donors (Lipinski definition) is 0. The van der Waals surface area contributed by atoms with E-state index in [2.05, 4.69) is 23.6 Å². The van der Waals surface area contributed by atoms with Gasteiger partial charge in [-0.15, -0.1) is 0 Å². The Hall–Kier alpha value is -3.94. The van der Waals surface area contributed by atoms with Crippen molar-refractivity contribution in [1.82, 2.24) is 23.1 Å². The van der Waals surface area contributed by atoms with E-state index in [4.69, 9.17) is 4.98 Å². The third-order valence-electron chi connectivity index (χ3n) is 6.48. The smallest absolute Gasteiger partial charge is 0.307 e.